The maximum atomic E-state index is 13.2. The lowest BCUT2D eigenvalue weighted by molar-refractivity contribution is -0.160. The van der Waals surface area contributed by atoms with Crippen LogP contribution in [0.5, 0.6) is 0 Å². The summed E-state index contributed by atoms with van der Waals surface area (Å²) in [6, 6.07) is 20.3. The van der Waals surface area contributed by atoms with Gasteiger partial charge in [-0.1, -0.05) is 74.7 Å². The summed E-state index contributed by atoms with van der Waals surface area (Å²) in [5.74, 6) is -0.418. The zero-order valence-electron chi connectivity index (χ0n) is 21.0. The smallest absolute Gasteiger partial charge is 0.329 e. The number of hydrogen-bond acceptors (Lipinski definition) is 5. The third kappa shape index (κ3) is 4.83. The number of nitrogens with zero attached hydrogens (tertiary/aromatic N) is 4. The van der Waals surface area contributed by atoms with E-state index >= 15 is 0 Å². The molecule has 1 heterocycles. The first-order valence-corrected chi connectivity index (χ1v) is 12.9. The number of tetrazole rings is 1. The third-order valence-corrected chi connectivity index (χ3v) is 7.46. The highest BCUT2D eigenvalue weighted by Crippen LogP contribution is 2.38. The summed E-state index contributed by atoms with van der Waals surface area (Å²) in [5.41, 5.74) is 2.76. The molecule has 37 heavy (non-hydrogen) atoms. The topological polar surface area (TPSA) is 112 Å². The minimum Gasteiger partial charge on any atom is -0.479 e. The second kappa shape index (κ2) is 10.5. The van der Waals surface area contributed by atoms with Crippen molar-refractivity contribution in [1.29, 1.82) is 0 Å². The first kappa shape index (κ1) is 24.6. The highest BCUT2D eigenvalue weighted by Gasteiger charge is 2.48. The van der Waals surface area contributed by atoms with Crippen LogP contribution in [-0.4, -0.2) is 48.0 Å². The Balaban J connectivity index is 1.47. The number of nitrogens with one attached hydrogen (secondary N) is 1. The van der Waals surface area contributed by atoms with Crippen LogP contribution in [0.4, 0.5) is 0 Å². The Morgan fingerprint density at radius 1 is 1.00 bits per heavy atom. The fraction of sp³-hybridized carbons (Fsp3) is 0.345. The Labute approximate surface area is 215 Å². The van der Waals surface area contributed by atoms with E-state index in [0.29, 0.717) is 31.6 Å². The van der Waals surface area contributed by atoms with Crippen molar-refractivity contribution in [3.8, 4) is 22.5 Å². The molecule has 0 bridgehead atoms. The van der Waals surface area contributed by atoms with E-state index in [0.717, 1.165) is 58.7 Å². The number of carbonyl (C=O) groups is 2. The highest BCUT2D eigenvalue weighted by molar-refractivity contribution is 5.91. The van der Waals surface area contributed by atoms with E-state index in [1.807, 2.05) is 43.3 Å². The molecule has 2 N–H and O–H groups in total. The van der Waals surface area contributed by atoms with Gasteiger partial charge in [0.05, 0.1) is 0 Å². The molecule has 0 radical (unpaired) electrons. The summed E-state index contributed by atoms with van der Waals surface area (Å²) in [6.45, 7) is 2.34. The summed E-state index contributed by atoms with van der Waals surface area (Å²) >= 11 is 0. The third-order valence-electron chi connectivity index (χ3n) is 7.46. The van der Waals surface area contributed by atoms with Crippen LogP contribution in [0.25, 0.3) is 33.3 Å². The molecule has 1 amide bonds. The molecule has 1 aromatic heterocycles. The fourth-order valence-corrected chi connectivity index (χ4v) is 5.45. The molecule has 0 aliphatic heterocycles. The molecule has 1 aliphatic rings. The number of carbonyl (C=O) groups excluding carboxylic acids is 1. The van der Waals surface area contributed by atoms with E-state index < -0.39 is 11.5 Å². The van der Waals surface area contributed by atoms with Crippen LogP contribution in [0.3, 0.4) is 0 Å². The first-order chi connectivity index (χ1) is 18.0. The average Bonchev–Trinajstić information content (AvgIpc) is 3.64. The largest absolute Gasteiger partial charge is 0.479 e. The minimum absolute atomic E-state index is 0.0698. The molecule has 1 saturated carbocycles. The zero-order chi connectivity index (χ0) is 25.8. The van der Waals surface area contributed by atoms with E-state index in [1.54, 1.807) is 4.90 Å². The maximum Gasteiger partial charge on any atom is 0.329 e. The predicted molar refractivity (Wildman–Crippen MR) is 141 cm³/mol. The number of benzene rings is 3. The number of rotatable bonds is 9. The van der Waals surface area contributed by atoms with Crippen LogP contribution >= 0.6 is 0 Å². The molecule has 1 fully saturated rings. The summed E-state index contributed by atoms with van der Waals surface area (Å²) in [5, 5.41) is 26.7. The summed E-state index contributed by atoms with van der Waals surface area (Å²) in [6.07, 6.45) is 4.71. The Morgan fingerprint density at radius 2 is 1.73 bits per heavy atom. The van der Waals surface area contributed by atoms with Gasteiger partial charge in [0.1, 0.15) is 5.54 Å². The van der Waals surface area contributed by atoms with Gasteiger partial charge in [0.15, 0.2) is 0 Å². The van der Waals surface area contributed by atoms with Crippen LogP contribution in [0.15, 0.2) is 60.7 Å². The number of amides is 1. The van der Waals surface area contributed by atoms with Crippen molar-refractivity contribution in [2.24, 2.45) is 0 Å². The molecule has 0 spiro atoms. The zero-order valence-corrected chi connectivity index (χ0v) is 21.0. The van der Waals surface area contributed by atoms with Gasteiger partial charge in [-0.15, -0.1) is 10.2 Å². The molecule has 0 unspecified atom stereocenters. The number of fused-ring (bicyclic) bond motifs is 1. The normalized spacial score (nSPS) is 14.6. The van der Waals surface area contributed by atoms with Crippen molar-refractivity contribution in [1.82, 2.24) is 25.5 Å². The quantitative estimate of drug-likeness (QED) is 0.311. The molecule has 8 nitrogen and oxygen atoms in total. The van der Waals surface area contributed by atoms with Gasteiger partial charge in [-0.05, 0) is 64.1 Å². The molecule has 0 saturated heterocycles. The van der Waals surface area contributed by atoms with Crippen molar-refractivity contribution in [3.63, 3.8) is 0 Å². The van der Waals surface area contributed by atoms with E-state index in [4.69, 9.17) is 0 Å². The number of unbranched alkanes of at least 4 members (excludes halogenated alkanes) is 1. The van der Waals surface area contributed by atoms with Gasteiger partial charge in [-0.3, -0.25) is 4.79 Å². The Kier molecular flexibility index (Phi) is 6.99. The van der Waals surface area contributed by atoms with Gasteiger partial charge in [0.2, 0.25) is 11.7 Å². The number of aromatic nitrogens is 4. The number of H-pyrrole nitrogens is 1. The van der Waals surface area contributed by atoms with Crippen molar-refractivity contribution < 1.29 is 14.7 Å². The molecule has 190 valence electrons. The monoisotopic (exact) mass is 497 g/mol. The summed E-state index contributed by atoms with van der Waals surface area (Å²) < 4.78 is 0. The Morgan fingerprint density at radius 3 is 2.43 bits per heavy atom. The van der Waals surface area contributed by atoms with Crippen LogP contribution in [0.2, 0.25) is 0 Å². The number of carboxylic acids is 1. The van der Waals surface area contributed by atoms with Gasteiger partial charge < -0.3 is 10.0 Å². The molecule has 5 rings (SSSR count). The standard InChI is InChI=1S/C29H31N5O3/c1-2-3-10-26(35)34(29(28(36)37)15-6-7-16-29)19-20-11-12-22-18-23(14-13-21(22)17-20)24-8-4-5-9-25(24)27-30-32-33-31-27/h4-5,8-9,11-14,17-18H,2-3,6-7,10,15-16,19H2,1H3,(H,36,37)(H,30,31,32,33). The lowest BCUT2D eigenvalue weighted by Gasteiger charge is -2.38. The number of carboxylic acid groups (broad SMARTS) is 1. The van der Waals surface area contributed by atoms with Crippen LogP contribution in [-0.2, 0) is 16.1 Å². The molecule has 4 aromatic rings. The Hall–Kier alpha value is -4.07. The van der Waals surface area contributed by atoms with Crippen molar-refractivity contribution in [2.75, 3.05) is 0 Å². The number of hydrogen-bond donors (Lipinski definition) is 2. The second-order valence-electron chi connectivity index (χ2n) is 9.80. The molecule has 3 aromatic carbocycles. The average molecular weight is 498 g/mol. The maximum absolute atomic E-state index is 13.2. The lowest BCUT2D eigenvalue weighted by atomic mass is 9.92. The highest BCUT2D eigenvalue weighted by atomic mass is 16.4. The summed E-state index contributed by atoms with van der Waals surface area (Å²) in [7, 11) is 0. The first-order valence-electron chi connectivity index (χ1n) is 12.9. The minimum atomic E-state index is -1.11. The van der Waals surface area contributed by atoms with Gasteiger partial charge in [0, 0.05) is 18.5 Å². The van der Waals surface area contributed by atoms with Gasteiger partial charge in [0.25, 0.3) is 0 Å². The molecule has 0 atom stereocenters. The van der Waals surface area contributed by atoms with Gasteiger partial charge in [-0.25, -0.2) is 4.79 Å². The Bertz CT molecular complexity index is 1410. The number of aliphatic carboxylic acids is 1. The van der Waals surface area contributed by atoms with E-state index in [9.17, 15) is 14.7 Å². The van der Waals surface area contributed by atoms with Crippen LogP contribution in [0, 0.1) is 0 Å². The van der Waals surface area contributed by atoms with E-state index in [2.05, 4.69) is 44.9 Å². The molecular formula is C29H31N5O3. The van der Waals surface area contributed by atoms with Crippen LogP contribution < -0.4 is 0 Å². The summed E-state index contributed by atoms with van der Waals surface area (Å²) in [4.78, 5) is 27.3. The second-order valence-corrected chi connectivity index (χ2v) is 9.80. The van der Waals surface area contributed by atoms with Crippen molar-refractivity contribution in [3.05, 3.63) is 66.2 Å². The van der Waals surface area contributed by atoms with Gasteiger partial charge >= 0.3 is 5.97 Å². The molecule has 8 heteroatoms. The van der Waals surface area contributed by atoms with E-state index in [1.165, 1.54) is 0 Å². The van der Waals surface area contributed by atoms with Crippen molar-refractivity contribution >= 4 is 22.6 Å². The van der Waals surface area contributed by atoms with Crippen LogP contribution in [0.1, 0.15) is 57.4 Å². The van der Waals surface area contributed by atoms with E-state index in [-0.39, 0.29) is 5.91 Å². The van der Waals surface area contributed by atoms with Gasteiger partial charge in [-0.2, -0.15) is 5.21 Å². The SMILES string of the molecule is CCCCC(=O)N(Cc1ccc2cc(-c3ccccc3-c3nn[nH]n3)ccc2c1)C1(C(=O)O)CCCC1. The fourth-order valence-electron chi connectivity index (χ4n) is 5.45. The van der Waals surface area contributed by atoms with Crippen molar-refractivity contribution in [2.45, 2.75) is 64.0 Å². The molecular weight excluding hydrogens is 466 g/mol. The predicted octanol–water partition coefficient (Wildman–Crippen LogP) is 5.60. The molecule has 1 aliphatic carbocycles. The lowest BCUT2D eigenvalue weighted by Crippen LogP contribution is -2.55. The number of aromatic amines is 1.